The van der Waals surface area contributed by atoms with E-state index in [1.54, 1.807) is 6.07 Å². The molecule has 3 aromatic rings. The molecular formula is C29H33F3O. The average Bonchev–Trinajstić information content (AvgIpc) is 2.82. The fourth-order valence-corrected chi connectivity index (χ4v) is 5.34. The number of halogens is 3. The smallest absolute Gasteiger partial charge is 0.190 e. The maximum absolute atomic E-state index is 15.3. The third kappa shape index (κ3) is 5.20. The standard InChI is InChI=1S/C29H33F3O/c1-3-4-5-6-7-19-8-10-20(11-9-19)21-12-14-24-22(16-21)13-15-25(28(24)32)23-17-26(30)29(33-2)27(31)18-23/h12-20H,3-11H2,1-2H3. The summed E-state index contributed by atoms with van der Waals surface area (Å²) in [6.45, 7) is 2.25. The zero-order chi connectivity index (χ0) is 23.4. The highest BCUT2D eigenvalue weighted by atomic mass is 19.1. The molecule has 0 heterocycles. The van der Waals surface area contributed by atoms with Crippen molar-refractivity contribution in [3.05, 3.63) is 65.5 Å². The Morgan fingerprint density at radius 2 is 1.58 bits per heavy atom. The Balaban J connectivity index is 1.50. The third-order valence-corrected chi connectivity index (χ3v) is 7.28. The maximum atomic E-state index is 15.3. The summed E-state index contributed by atoms with van der Waals surface area (Å²) in [6.07, 6.45) is 11.6. The molecular weight excluding hydrogens is 421 g/mol. The number of hydrogen-bond donors (Lipinski definition) is 0. The molecule has 3 aromatic carbocycles. The Bertz CT molecular complexity index is 1080. The highest BCUT2D eigenvalue weighted by Crippen LogP contribution is 2.39. The van der Waals surface area contributed by atoms with E-state index in [9.17, 15) is 8.78 Å². The molecule has 0 aromatic heterocycles. The molecule has 0 unspecified atom stereocenters. The molecule has 0 atom stereocenters. The fraction of sp³-hybridized carbons (Fsp3) is 0.448. The van der Waals surface area contributed by atoms with Gasteiger partial charge in [0.1, 0.15) is 5.82 Å². The van der Waals surface area contributed by atoms with Crippen molar-refractivity contribution in [3.63, 3.8) is 0 Å². The number of fused-ring (bicyclic) bond motifs is 1. The maximum Gasteiger partial charge on any atom is 0.190 e. The van der Waals surface area contributed by atoms with Crippen LogP contribution in [0.25, 0.3) is 21.9 Å². The van der Waals surface area contributed by atoms with Gasteiger partial charge in [0.25, 0.3) is 0 Å². The third-order valence-electron chi connectivity index (χ3n) is 7.28. The monoisotopic (exact) mass is 454 g/mol. The molecule has 0 radical (unpaired) electrons. The minimum atomic E-state index is -0.844. The number of hydrogen-bond acceptors (Lipinski definition) is 1. The van der Waals surface area contributed by atoms with Crippen LogP contribution in [0.1, 0.15) is 76.2 Å². The van der Waals surface area contributed by atoms with Crippen LogP contribution in [0.5, 0.6) is 5.75 Å². The van der Waals surface area contributed by atoms with Gasteiger partial charge in [-0.1, -0.05) is 69.4 Å². The molecule has 33 heavy (non-hydrogen) atoms. The topological polar surface area (TPSA) is 9.23 Å². The van der Waals surface area contributed by atoms with Gasteiger partial charge in [-0.05, 0) is 66.2 Å². The van der Waals surface area contributed by atoms with Gasteiger partial charge in [-0.3, -0.25) is 0 Å². The van der Waals surface area contributed by atoms with E-state index in [4.69, 9.17) is 4.74 Å². The van der Waals surface area contributed by atoms with Crippen molar-refractivity contribution in [2.75, 3.05) is 7.11 Å². The Kier molecular flexibility index (Phi) is 7.62. The molecule has 0 amide bonds. The highest BCUT2D eigenvalue weighted by molar-refractivity contribution is 5.89. The van der Waals surface area contributed by atoms with Crippen LogP contribution in [0.3, 0.4) is 0 Å². The first-order valence-corrected chi connectivity index (χ1v) is 12.3. The van der Waals surface area contributed by atoms with Crippen LogP contribution in [0, 0.1) is 23.4 Å². The van der Waals surface area contributed by atoms with Crippen molar-refractivity contribution >= 4 is 10.8 Å². The number of rotatable bonds is 8. The zero-order valence-electron chi connectivity index (χ0n) is 19.6. The average molecular weight is 455 g/mol. The summed E-state index contributed by atoms with van der Waals surface area (Å²) < 4.78 is 48.3. The van der Waals surface area contributed by atoms with Gasteiger partial charge in [0.2, 0.25) is 0 Å². The lowest BCUT2D eigenvalue weighted by Crippen LogP contribution is -2.13. The van der Waals surface area contributed by atoms with Crippen LogP contribution in [-0.4, -0.2) is 7.11 Å². The Morgan fingerprint density at radius 1 is 0.848 bits per heavy atom. The van der Waals surface area contributed by atoms with Gasteiger partial charge in [-0.25, -0.2) is 13.2 Å². The van der Waals surface area contributed by atoms with Gasteiger partial charge in [0.05, 0.1) is 7.11 Å². The predicted molar refractivity (Wildman–Crippen MR) is 129 cm³/mol. The molecule has 0 N–H and O–H groups in total. The van der Waals surface area contributed by atoms with Gasteiger partial charge >= 0.3 is 0 Å². The summed E-state index contributed by atoms with van der Waals surface area (Å²) >= 11 is 0. The van der Waals surface area contributed by atoms with E-state index in [0.29, 0.717) is 11.3 Å². The van der Waals surface area contributed by atoms with Crippen molar-refractivity contribution in [2.24, 2.45) is 5.92 Å². The molecule has 1 fully saturated rings. The second-order valence-electron chi connectivity index (χ2n) is 9.45. The zero-order valence-corrected chi connectivity index (χ0v) is 19.6. The minimum Gasteiger partial charge on any atom is -0.491 e. The summed E-state index contributed by atoms with van der Waals surface area (Å²) in [5.41, 5.74) is 1.60. The van der Waals surface area contributed by atoms with Crippen molar-refractivity contribution in [2.45, 2.75) is 70.6 Å². The molecule has 0 bridgehead atoms. The van der Waals surface area contributed by atoms with Gasteiger partial charge < -0.3 is 4.74 Å². The molecule has 0 aliphatic heterocycles. The quantitative estimate of drug-likeness (QED) is 0.308. The van der Waals surface area contributed by atoms with E-state index in [0.717, 1.165) is 23.4 Å². The normalized spacial score (nSPS) is 18.6. The van der Waals surface area contributed by atoms with Crippen LogP contribution >= 0.6 is 0 Å². The molecule has 1 aliphatic carbocycles. The van der Waals surface area contributed by atoms with E-state index in [1.165, 1.54) is 70.5 Å². The van der Waals surface area contributed by atoms with Gasteiger partial charge in [0, 0.05) is 10.9 Å². The first-order chi connectivity index (χ1) is 16.0. The molecule has 1 nitrogen and oxygen atoms in total. The Morgan fingerprint density at radius 3 is 2.24 bits per heavy atom. The molecule has 0 spiro atoms. The van der Waals surface area contributed by atoms with Gasteiger partial charge in [0.15, 0.2) is 17.4 Å². The van der Waals surface area contributed by atoms with E-state index in [1.807, 2.05) is 18.2 Å². The highest BCUT2D eigenvalue weighted by Gasteiger charge is 2.23. The summed E-state index contributed by atoms with van der Waals surface area (Å²) in [5.74, 6) is -1.23. The van der Waals surface area contributed by atoms with Gasteiger partial charge in [-0.2, -0.15) is 0 Å². The number of ether oxygens (including phenoxy) is 1. The number of benzene rings is 3. The van der Waals surface area contributed by atoms with Crippen LogP contribution in [-0.2, 0) is 0 Å². The summed E-state index contributed by atoms with van der Waals surface area (Å²) in [6, 6.07) is 11.6. The Labute approximate surface area is 195 Å². The van der Waals surface area contributed by atoms with Crippen molar-refractivity contribution in [3.8, 4) is 16.9 Å². The van der Waals surface area contributed by atoms with E-state index >= 15 is 4.39 Å². The SMILES string of the molecule is CCCCCCC1CCC(c2ccc3c(F)c(-c4cc(F)c(OC)c(F)c4)ccc3c2)CC1. The Hall–Kier alpha value is -2.49. The van der Waals surface area contributed by atoms with E-state index < -0.39 is 23.2 Å². The van der Waals surface area contributed by atoms with Crippen LogP contribution in [0.4, 0.5) is 13.2 Å². The molecule has 1 saturated carbocycles. The van der Waals surface area contributed by atoms with Crippen molar-refractivity contribution < 1.29 is 17.9 Å². The second kappa shape index (κ2) is 10.6. The predicted octanol–water partition coefficient (Wildman–Crippen LogP) is 9.18. The minimum absolute atomic E-state index is 0.159. The van der Waals surface area contributed by atoms with E-state index in [2.05, 4.69) is 13.0 Å². The lowest BCUT2D eigenvalue weighted by Gasteiger charge is -2.29. The molecule has 1 aliphatic rings. The van der Waals surface area contributed by atoms with Crippen LogP contribution in [0.2, 0.25) is 0 Å². The lowest BCUT2D eigenvalue weighted by atomic mass is 9.76. The lowest BCUT2D eigenvalue weighted by molar-refractivity contribution is 0.302. The molecule has 0 saturated heterocycles. The molecule has 4 heteroatoms. The van der Waals surface area contributed by atoms with Crippen molar-refractivity contribution in [1.82, 2.24) is 0 Å². The molecule has 4 rings (SSSR count). The summed E-state index contributed by atoms with van der Waals surface area (Å²) in [7, 11) is 1.20. The number of methoxy groups -OCH3 is 1. The first-order valence-electron chi connectivity index (χ1n) is 12.3. The summed E-state index contributed by atoms with van der Waals surface area (Å²) in [5, 5.41) is 1.29. The molecule has 176 valence electrons. The van der Waals surface area contributed by atoms with Gasteiger partial charge in [-0.15, -0.1) is 0 Å². The van der Waals surface area contributed by atoms with Crippen LogP contribution < -0.4 is 4.74 Å². The first kappa shape index (κ1) is 23.7. The van der Waals surface area contributed by atoms with Crippen LogP contribution in [0.15, 0.2) is 42.5 Å². The number of unbranched alkanes of at least 4 members (excludes halogenated alkanes) is 3. The van der Waals surface area contributed by atoms with E-state index in [-0.39, 0.29) is 11.1 Å². The summed E-state index contributed by atoms with van der Waals surface area (Å²) in [4.78, 5) is 0. The fourth-order valence-electron chi connectivity index (χ4n) is 5.34. The van der Waals surface area contributed by atoms with Crippen molar-refractivity contribution in [1.29, 1.82) is 0 Å². The largest absolute Gasteiger partial charge is 0.491 e. The second-order valence-corrected chi connectivity index (χ2v) is 9.45.